The summed E-state index contributed by atoms with van der Waals surface area (Å²) in [6.45, 7) is 6.31. The first kappa shape index (κ1) is 15.0. The van der Waals surface area contributed by atoms with Gasteiger partial charge in [0, 0.05) is 12.1 Å². The van der Waals surface area contributed by atoms with Crippen LogP contribution in [0.15, 0.2) is 36.0 Å². The number of aromatic nitrogens is 3. The zero-order valence-electron chi connectivity index (χ0n) is 12.7. The van der Waals surface area contributed by atoms with Gasteiger partial charge in [0.2, 0.25) is 0 Å². The maximum Gasteiger partial charge on any atom is 0.191 e. The van der Waals surface area contributed by atoms with Crippen molar-refractivity contribution in [2.45, 2.75) is 37.9 Å². The number of fused-ring (bicyclic) bond motifs is 1. The second-order valence-electron chi connectivity index (χ2n) is 5.48. The van der Waals surface area contributed by atoms with Gasteiger partial charge in [0.1, 0.15) is 5.82 Å². The number of rotatable bonds is 6. The first-order valence-corrected chi connectivity index (χ1v) is 8.46. The summed E-state index contributed by atoms with van der Waals surface area (Å²) in [7, 11) is 0. The molecule has 0 bridgehead atoms. The minimum absolute atomic E-state index is 0.144. The highest BCUT2D eigenvalue weighted by atomic mass is 32.2. The summed E-state index contributed by atoms with van der Waals surface area (Å²) < 4.78 is 1.97. The predicted molar refractivity (Wildman–Crippen MR) is 88.5 cm³/mol. The Bertz CT molecular complexity index is 721. The number of thioether (sulfide) groups is 1. The van der Waals surface area contributed by atoms with Gasteiger partial charge < -0.3 is 4.57 Å². The molecule has 5 heteroatoms. The average Bonchev–Trinajstić information content (AvgIpc) is 3.12. The van der Waals surface area contributed by atoms with Crippen molar-refractivity contribution in [2.24, 2.45) is 0 Å². The third-order valence-electron chi connectivity index (χ3n) is 3.97. The number of ketones is 1. The quantitative estimate of drug-likeness (QED) is 0.467. The number of allylic oxidation sites excluding steroid dienone is 1. The van der Waals surface area contributed by atoms with Gasteiger partial charge in [-0.05, 0) is 43.4 Å². The van der Waals surface area contributed by atoms with E-state index in [0.29, 0.717) is 12.3 Å². The Hall–Kier alpha value is -1.88. The molecule has 1 aromatic carbocycles. The van der Waals surface area contributed by atoms with Crippen LogP contribution in [0.1, 0.15) is 33.7 Å². The Morgan fingerprint density at radius 2 is 2.18 bits per heavy atom. The SMILES string of the molecule is C=CCn1c(C)nnc1SCC(=O)c1ccc2c(c1)CCC2. The molecule has 1 aliphatic carbocycles. The van der Waals surface area contributed by atoms with Gasteiger partial charge >= 0.3 is 0 Å². The van der Waals surface area contributed by atoms with Crippen molar-refractivity contribution in [3.05, 3.63) is 53.4 Å². The molecule has 0 aliphatic heterocycles. The van der Waals surface area contributed by atoms with Gasteiger partial charge in [0.05, 0.1) is 5.75 Å². The van der Waals surface area contributed by atoms with Crippen LogP contribution in [0.3, 0.4) is 0 Å². The maximum absolute atomic E-state index is 12.4. The average molecular weight is 313 g/mol. The number of carbonyl (C=O) groups excluding carboxylic acids is 1. The lowest BCUT2D eigenvalue weighted by atomic mass is 10.0. The Kier molecular flexibility index (Phi) is 4.43. The number of aryl methyl sites for hydroxylation is 3. The molecule has 0 N–H and O–H groups in total. The van der Waals surface area contributed by atoms with Crippen LogP contribution < -0.4 is 0 Å². The van der Waals surface area contributed by atoms with Crippen LogP contribution in [0.5, 0.6) is 0 Å². The normalized spacial score (nSPS) is 13.1. The third kappa shape index (κ3) is 2.99. The zero-order valence-corrected chi connectivity index (χ0v) is 13.5. The lowest BCUT2D eigenvalue weighted by molar-refractivity contribution is 0.102. The number of hydrogen-bond acceptors (Lipinski definition) is 4. The number of Topliss-reactive ketones (excluding diaryl/α,β-unsaturated/α-hetero) is 1. The highest BCUT2D eigenvalue weighted by Crippen LogP contribution is 2.24. The van der Waals surface area contributed by atoms with Crippen molar-refractivity contribution in [3.8, 4) is 0 Å². The van der Waals surface area contributed by atoms with Crippen molar-refractivity contribution >= 4 is 17.5 Å². The van der Waals surface area contributed by atoms with Crippen molar-refractivity contribution < 1.29 is 4.79 Å². The van der Waals surface area contributed by atoms with E-state index in [0.717, 1.165) is 29.4 Å². The van der Waals surface area contributed by atoms with Gasteiger partial charge in [0.15, 0.2) is 10.9 Å². The van der Waals surface area contributed by atoms with E-state index < -0.39 is 0 Å². The van der Waals surface area contributed by atoms with Crippen molar-refractivity contribution in [2.75, 3.05) is 5.75 Å². The lowest BCUT2D eigenvalue weighted by Gasteiger charge is -2.06. The maximum atomic E-state index is 12.4. The van der Waals surface area contributed by atoms with E-state index in [1.54, 1.807) is 0 Å². The molecule has 0 amide bonds. The summed E-state index contributed by atoms with van der Waals surface area (Å²) in [6.07, 6.45) is 5.24. The fraction of sp³-hybridized carbons (Fsp3) is 0.353. The molecule has 4 nitrogen and oxygen atoms in total. The Labute approximate surface area is 134 Å². The molecular formula is C17H19N3OS. The van der Waals surface area contributed by atoms with E-state index >= 15 is 0 Å². The minimum Gasteiger partial charge on any atom is -0.302 e. The van der Waals surface area contributed by atoms with Gasteiger partial charge in [-0.15, -0.1) is 16.8 Å². The number of nitrogens with zero attached hydrogens (tertiary/aromatic N) is 3. The summed E-state index contributed by atoms with van der Waals surface area (Å²) in [5.74, 6) is 1.37. The summed E-state index contributed by atoms with van der Waals surface area (Å²) >= 11 is 1.44. The van der Waals surface area contributed by atoms with E-state index in [4.69, 9.17) is 0 Å². The minimum atomic E-state index is 0.144. The molecule has 0 saturated heterocycles. The van der Waals surface area contributed by atoms with E-state index in [1.807, 2.05) is 23.6 Å². The van der Waals surface area contributed by atoms with Crippen molar-refractivity contribution in [1.82, 2.24) is 14.8 Å². The van der Waals surface area contributed by atoms with E-state index in [1.165, 1.54) is 29.3 Å². The topological polar surface area (TPSA) is 47.8 Å². The van der Waals surface area contributed by atoms with E-state index in [2.05, 4.69) is 28.9 Å². The molecule has 0 fully saturated rings. The summed E-state index contributed by atoms with van der Waals surface area (Å²) in [5, 5.41) is 8.97. The Morgan fingerprint density at radius 1 is 1.36 bits per heavy atom. The molecule has 0 saturated carbocycles. The number of benzene rings is 1. The molecular weight excluding hydrogens is 294 g/mol. The highest BCUT2D eigenvalue weighted by Gasteiger charge is 2.15. The second kappa shape index (κ2) is 6.48. The van der Waals surface area contributed by atoms with E-state index in [-0.39, 0.29) is 5.78 Å². The van der Waals surface area contributed by atoms with Crippen LogP contribution in [0.2, 0.25) is 0 Å². The van der Waals surface area contributed by atoms with Crippen LogP contribution in [0, 0.1) is 6.92 Å². The van der Waals surface area contributed by atoms with Crippen LogP contribution in [0.25, 0.3) is 0 Å². The second-order valence-corrected chi connectivity index (χ2v) is 6.42. The van der Waals surface area contributed by atoms with Crippen LogP contribution in [-0.4, -0.2) is 26.3 Å². The molecule has 0 radical (unpaired) electrons. The van der Waals surface area contributed by atoms with Crippen LogP contribution in [-0.2, 0) is 19.4 Å². The molecule has 1 aliphatic rings. The standard InChI is InChI=1S/C17H19N3OS/c1-3-9-20-12(2)18-19-17(20)22-11-16(21)15-8-7-13-5-4-6-14(13)10-15/h3,7-8,10H,1,4-6,9,11H2,2H3. The van der Waals surface area contributed by atoms with Crippen molar-refractivity contribution in [3.63, 3.8) is 0 Å². The van der Waals surface area contributed by atoms with Crippen LogP contribution >= 0.6 is 11.8 Å². The smallest absolute Gasteiger partial charge is 0.191 e. The highest BCUT2D eigenvalue weighted by molar-refractivity contribution is 7.99. The Balaban J connectivity index is 1.69. The summed E-state index contributed by atoms with van der Waals surface area (Å²) in [4.78, 5) is 12.4. The zero-order chi connectivity index (χ0) is 15.5. The number of hydrogen-bond donors (Lipinski definition) is 0. The molecule has 2 aromatic rings. The molecule has 0 unspecified atom stereocenters. The number of carbonyl (C=O) groups is 1. The summed E-state index contributed by atoms with van der Waals surface area (Å²) in [5.41, 5.74) is 3.53. The molecule has 1 heterocycles. The van der Waals surface area contributed by atoms with Gasteiger partial charge in [-0.25, -0.2) is 0 Å². The molecule has 0 atom stereocenters. The monoisotopic (exact) mass is 313 g/mol. The fourth-order valence-electron chi connectivity index (χ4n) is 2.77. The van der Waals surface area contributed by atoms with Gasteiger partial charge in [-0.1, -0.05) is 30.0 Å². The van der Waals surface area contributed by atoms with Gasteiger partial charge in [-0.3, -0.25) is 4.79 Å². The van der Waals surface area contributed by atoms with Gasteiger partial charge in [-0.2, -0.15) is 0 Å². The first-order valence-electron chi connectivity index (χ1n) is 7.47. The van der Waals surface area contributed by atoms with E-state index in [9.17, 15) is 4.79 Å². The molecule has 3 rings (SSSR count). The molecule has 114 valence electrons. The lowest BCUT2D eigenvalue weighted by Crippen LogP contribution is -2.06. The third-order valence-corrected chi connectivity index (χ3v) is 4.93. The Morgan fingerprint density at radius 3 is 3.00 bits per heavy atom. The molecule has 1 aromatic heterocycles. The molecule has 0 spiro atoms. The summed E-state index contributed by atoms with van der Waals surface area (Å²) in [6, 6.07) is 6.11. The molecule has 22 heavy (non-hydrogen) atoms. The predicted octanol–water partition coefficient (Wildman–Crippen LogP) is 3.24. The van der Waals surface area contributed by atoms with Crippen LogP contribution in [0.4, 0.5) is 0 Å². The van der Waals surface area contributed by atoms with Gasteiger partial charge in [0.25, 0.3) is 0 Å². The van der Waals surface area contributed by atoms with Crippen molar-refractivity contribution in [1.29, 1.82) is 0 Å². The first-order chi connectivity index (χ1) is 10.7. The fourth-order valence-corrected chi connectivity index (χ4v) is 3.65. The largest absolute Gasteiger partial charge is 0.302 e.